The first-order chi connectivity index (χ1) is 9.49. The zero-order valence-electron chi connectivity index (χ0n) is 12.5. The number of nitrogens with one attached hydrogen (secondary N) is 1. The van der Waals surface area contributed by atoms with E-state index in [9.17, 15) is 8.42 Å². The largest absolute Gasteiger partial charge is 0.310 e. The third-order valence-corrected chi connectivity index (χ3v) is 4.92. The molecule has 0 saturated carbocycles. The molecule has 2 rings (SSSR count). The van der Waals surface area contributed by atoms with Gasteiger partial charge in [-0.3, -0.25) is 0 Å². The summed E-state index contributed by atoms with van der Waals surface area (Å²) in [6.07, 6.45) is 6.61. The molecule has 1 aliphatic rings. The van der Waals surface area contributed by atoms with Gasteiger partial charge in [-0.25, -0.2) is 8.42 Å². The van der Waals surface area contributed by atoms with Gasteiger partial charge >= 0.3 is 0 Å². The fourth-order valence-electron chi connectivity index (χ4n) is 2.85. The number of hydrogen-bond donors (Lipinski definition) is 1. The number of rotatable bonds is 7. The van der Waals surface area contributed by atoms with Gasteiger partial charge in [0.05, 0.1) is 5.75 Å². The van der Waals surface area contributed by atoms with E-state index in [-0.39, 0.29) is 11.8 Å². The Morgan fingerprint density at radius 1 is 1.25 bits per heavy atom. The lowest BCUT2D eigenvalue weighted by atomic mass is 9.99. The molecule has 1 aromatic carbocycles. The Balaban J connectivity index is 2.12. The monoisotopic (exact) mass is 295 g/mol. The van der Waals surface area contributed by atoms with Crippen LogP contribution in [-0.2, 0) is 22.7 Å². The highest BCUT2D eigenvalue weighted by Crippen LogP contribution is 2.26. The van der Waals surface area contributed by atoms with Crippen molar-refractivity contribution in [1.82, 2.24) is 5.32 Å². The number of aryl methyl sites for hydroxylation is 2. The highest BCUT2D eigenvalue weighted by atomic mass is 32.2. The summed E-state index contributed by atoms with van der Waals surface area (Å²) in [6, 6.07) is 6.81. The van der Waals surface area contributed by atoms with E-state index in [1.165, 1.54) is 35.8 Å². The second kappa shape index (κ2) is 6.72. The van der Waals surface area contributed by atoms with Crippen molar-refractivity contribution in [3.8, 4) is 0 Å². The van der Waals surface area contributed by atoms with Crippen LogP contribution in [-0.4, -0.2) is 27.0 Å². The minimum Gasteiger partial charge on any atom is -0.310 e. The van der Waals surface area contributed by atoms with Crippen LogP contribution >= 0.6 is 0 Å². The van der Waals surface area contributed by atoms with Crippen molar-refractivity contribution in [3.05, 3.63) is 34.9 Å². The molecule has 1 atom stereocenters. The standard InChI is InChI=1S/C16H25NO2S/c1-3-10-17-16(9-11-20(2,18)19)15-8-7-13-5-4-6-14(13)12-15/h7-8,12,16-17H,3-6,9-11H2,1-2H3. The van der Waals surface area contributed by atoms with Crippen LogP contribution in [0.5, 0.6) is 0 Å². The molecular formula is C16H25NO2S. The minimum atomic E-state index is -2.90. The van der Waals surface area contributed by atoms with Crippen LogP contribution in [0.1, 0.15) is 48.9 Å². The fraction of sp³-hybridized carbons (Fsp3) is 0.625. The van der Waals surface area contributed by atoms with Crippen molar-refractivity contribution >= 4 is 9.84 Å². The summed E-state index contributed by atoms with van der Waals surface area (Å²) in [5.41, 5.74) is 4.15. The number of fused-ring (bicyclic) bond motifs is 1. The SMILES string of the molecule is CCCNC(CCS(C)(=O)=O)c1ccc2c(c1)CCC2. The molecule has 1 N–H and O–H groups in total. The van der Waals surface area contributed by atoms with E-state index < -0.39 is 9.84 Å². The summed E-state index contributed by atoms with van der Waals surface area (Å²) in [7, 11) is -2.90. The second-order valence-corrected chi connectivity index (χ2v) is 8.07. The van der Waals surface area contributed by atoms with Crippen molar-refractivity contribution in [2.24, 2.45) is 0 Å². The lowest BCUT2D eigenvalue weighted by Crippen LogP contribution is -2.24. The molecule has 0 bridgehead atoms. The van der Waals surface area contributed by atoms with E-state index in [4.69, 9.17) is 0 Å². The first-order valence-electron chi connectivity index (χ1n) is 7.52. The highest BCUT2D eigenvalue weighted by Gasteiger charge is 2.17. The van der Waals surface area contributed by atoms with Crippen LogP contribution in [0.2, 0.25) is 0 Å². The quantitative estimate of drug-likeness (QED) is 0.841. The number of sulfone groups is 1. The van der Waals surface area contributed by atoms with Gasteiger partial charge in [0.15, 0.2) is 0 Å². The van der Waals surface area contributed by atoms with Crippen molar-refractivity contribution < 1.29 is 8.42 Å². The summed E-state index contributed by atoms with van der Waals surface area (Å²) < 4.78 is 22.8. The van der Waals surface area contributed by atoms with E-state index >= 15 is 0 Å². The Morgan fingerprint density at radius 2 is 2.00 bits per heavy atom. The van der Waals surface area contributed by atoms with Gasteiger partial charge in [0.2, 0.25) is 0 Å². The average Bonchev–Trinajstić information content (AvgIpc) is 2.85. The molecule has 0 aromatic heterocycles. The first kappa shape index (κ1) is 15.5. The molecule has 0 amide bonds. The lowest BCUT2D eigenvalue weighted by molar-refractivity contribution is 0.513. The third-order valence-electron chi connectivity index (χ3n) is 3.94. The van der Waals surface area contributed by atoms with Crippen LogP contribution in [0.15, 0.2) is 18.2 Å². The van der Waals surface area contributed by atoms with Gasteiger partial charge in [-0.2, -0.15) is 0 Å². The molecule has 1 aromatic rings. The van der Waals surface area contributed by atoms with Gasteiger partial charge in [0.1, 0.15) is 9.84 Å². The Bertz CT molecular complexity index is 552. The molecule has 0 saturated heterocycles. The smallest absolute Gasteiger partial charge is 0.147 e. The van der Waals surface area contributed by atoms with E-state index in [1.54, 1.807) is 0 Å². The van der Waals surface area contributed by atoms with Crippen molar-refractivity contribution in [2.45, 2.75) is 45.1 Å². The summed E-state index contributed by atoms with van der Waals surface area (Å²) in [6.45, 7) is 3.05. The Hall–Kier alpha value is -0.870. The summed E-state index contributed by atoms with van der Waals surface area (Å²) in [4.78, 5) is 0. The molecule has 0 radical (unpaired) electrons. The van der Waals surface area contributed by atoms with Gasteiger partial charge in [0.25, 0.3) is 0 Å². The van der Waals surface area contributed by atoms with Crippen molar-refractivity contribution in [2.75, 3.05) is 18.6 Å². The number of benzene rings is 1. The maximum absolute atomic E-state index is 11.4. The lowest BCUT2D eigenvalue weighted by Gasteiger charge is -2.19. The van der Waals surface area contributed by atoms with E-state index in [1.807, 2.05) is 0 Å². The minimum absolute atomic E-state index is 0.149. The molecule has 0 aliphatic heterocycles. The first-order valence-corrected chi connectivity index (χ1v) is 9.58. The van der Waals surface area contributed by atoms with Gasteiger partial charge in [-0.05, 0) is 55.3 Å². The van der Waals surface area contributed by atoms with E-state index in [2.05, 4.69) is 30.4 Å². The number of hydrogen-bond acceptors (Lipinski definition) is 3. The van der Waals surface area contributed by atoms with Crippen LogP contribution < -0.4 is 5.32 Å². The molecule has 1 aliphatic carbocycles. The predicted octanol–water partition coefficient (Wildman–Crippen LogP) is 2.65. The molecule has 20 heavy (non-hydrogen) atoms. The molecule has 1 unspecified atom stereocenters. The molecule has 0 heterocycles. The normalized spacial score (nSPS) is 16.1. The topological polar surface area (TPSA) is 46.2 Å². The van der Waals surface area contributed by atoms with Crippen molar-refractivity contribution in [1.29, 1.82) is 0 Å². The van der Waals surface area contributed by atoms with Gasteiger partial charge < -0.3 is 5.32 Å². The van der Waals surface area contributed by atoms with Crippen LogP contribution in [0.4, 0.5) is 0 Å². The van der Waals surface area contributed by atoms with Gasteiger partial charge in [-0.1, -0.05) is 25.1 Å². The Morgan fingerprint density at radius 3 is 2.70 bits per heavy atom. The zero-order valence-corrected chi connectivity index (χ0v) is 13.3. The fourth-order valence-corrected chi connectivity index (χ4v) is 3.51. The van der Waals surface area contributed by atoms with E-state index in [0.717, 1.165) is 19.4 Å². The Kier molecular flexibility index (Phi) is 5.22. The maximum atomic E-state index is 11.4. The van der Waals surface area contributed by atoms with Crippen LogP contribution in [0.25, 0.3) is 0 Å². The van der Waals surface area contributed by atoms with Crippen LogP contribution in [0.3, 0.4) is 0 Å². The van der Waals surface area contributed by atoms with Gasteiger partial charge in [-0.15, -0.1) is 0 Å². The Labute approximate surface area is 122 Å². The summed E-state index contributed by atoms with van der Waals surface area (Å²) in [5.74, 6) is 0.242. The summed E-state index contributed by atoms with van der Waals surface area (Å²) in [5, 5.41) is 3.49. The molecular weight excluding hydrogens is 270 g/mol. The summed E-state index contributed by atoms with van der Waals surface area (Å²) >= 11 is 0. The predicted molar refractivity (Wildman–Crippen MR) is 83.8 cm³/mol. The van der Waals surface area contributed by atoms with E-state index in [0.29, 0.717) is 6.42 Å². The van der Waals surface area contributed by atoms with Crippen LogP contribution in [0, 0.1) is 0 Å². The molecule has 3 nitrogen and oxygen atoms in total. The molecule has 4 heteroatoms. The zero-order chi connectivity index (χ0) is 14.6. The van der Waals surface area contributed by atoms with Gasteiger partial charge in [0, 0.05) is 12.3 Å². The molecule has 0 fully saturated rings. The highest BCUT2D eigenvalue weighted by molar-refractivity contribution is 7.90. The maximum Gasteiger partial charge on any atom is 0.147 e. The third kappa shape index (κ3) is 4.32. The average molecular weight is 295 g/mol. The molecule has 0 spiro atoms. The van der Waals surface area contributed by atoms with Crippen molar-refractivity contribution in [3.63, 3.8) is 0 Å². The molecule has 112 valence electrons. The second-order valence-electron chi connectivity index (χ2n) is 5.81.